The van der Waals surface area contributed by atoms with Gasteiger partial charge in [-0.2, -0.15) is 18.2 Å². The number of rotatable bonds is 3. The van der Waals surface area contributed by atoms with Gasteiger partial charge in [-0.1, -0.05) is 30.0 Å². The number of fused-ring (bicyclic) bond motifs is 1. The molecule has 4 heterocycles. The lowest BCUT2D eigenvalue weighted by atomic mass is 9.87. The van der Waals surface area contributed by atoms with Gasteiger partial charge in [-0.05, 0) is 23.8 Å². The number of anilines is 2. The average molecular weight is 490 g/mol. The Morgan fingerprint density at radius 2 is 1.88 bits per heavy atom. The summed E-state index contributed by atoms with van der Waals surface area (Å²) in [5.74, 6) is 1.20. The van der Waals surface area contributed by atoms with E-state index in [4.69, 9.17) is 10.5 Å². The molecular formula is C23H22F3N5O2S. The van der Waals surface area contributed by atoms with E-state index in [-0.39, 0.29) is 21.2 Å². The number of piperidine rings is 1. The Morgan fingerprint density at radius 1 is 1.15 bits per heavy atom. The van der Waals surface area contributed by atoms with Gasteiger partial charge < -0.3 is 15.4 Å². The van der Waals surface area contributed by atoms with Crippen molar-refractivity contribution in [1.82, 2.24) is 14.5 Å². The van der Waals surface area contributed by atoms with E-state index in [0.717, 1.165) is 31.2 Å². The lowest BCUT2D eigenvalue weighted by Crippen LogP contribution is -2.48. The van der Waals surface area contributed by atoms with Crippen LogP contribution in [0.1, 0.15) is 24.1 Å². The van der Waals surface area contributed by atoms with Crippen molar-refractivity contribution in [3.63, 3.8) is 0 Å². The number of aromatic nitrogens is 3. The summed E-state index contributed by atoms with van der Waals surface area (Å²) >= 11 is 0.630. The van der Waals surface area contributed by atoms with Gasteiger partial charge >= 0.3 is 6.18 Å². The Morgan fingerprint density at radius 3 is 2.59 bits per heavy atom. The molecule has 2 aromatic heterocycles. The standard InChI is InChI=1S/C23H22F3N5O2S/c1-30-20(32)17(34-16-7-4-10-28-18(16)23(24,25)26)19(27)29-21(30)31-11-8-22(9-12-31)13-14-5-2-3-6-15(14)33-22/h2-7,10H,8-9,11-13,27H2,1H3. The maximum absolute atomic E-state index is 13.3. The van der Waals surface area contributed by atoms with Crippen LogP contribution in [0.2, 0.25) is 0 Å². The molecule has 2 aliphatic rings. The molecule has 1 saturated heterocycles. The van der Waals surface area contributed by atoms with Crippen LogP contribution < -0.4 is 20.9 Å². The van der Waals surface area contributed by atoms with E-state index in [0.29, 0.717) is 30.8 Å². The fraction of sp³-hybridized carbons (Fsp3) is 0.348. The molecule has 0 radical (unpaired) electrons. The van der Waals surface area contributed by atoms with Crippen molar-refractivity contribution in [1.29, 1.82) is 0 Å². The molecule has 2 aliphatic heterocycles. The van der Waals surface area contributed by atoms with E-state index in [1.54, 1.807) is 7.05 Å². The number of para-hydroxylation sites is 1. The van der Waals surface area contributed by atoms with Crippen molar-refractivity contribution in [3.05, 3.63) is 64.2 Å². The summed E-state index contributed by atoms with van der Waals surface area (Å²) in [5.41, 5.74) is 5.43. The summed E-state index contributed by atoms with van der Waals surface area (Å²) in [4.78, 5) is 22.6. The third-order valence-corrected chi connectivity index (χ3v) is 7.41. The number of hydrogen-bond donors (Lipinski definition) is 1. The zero-order valence-corrected chi connectivity index (χ0v) is 19.1. The number of nitrogens with two attached hydrogens (primary N) is 1. The van der Waals surface area contributed by atoms with Gasteiger partial charge in [0, 0.05) is 50.5 Å². The molecule has 7 nitrogen and oxygen atoms in total. The number of benzene rings is 1. The van der Waals surface area contributed by atoms with Crippen LogP contribution in [0, 0.1) is 0 Å². The van der Waals surface area contributed by atoms with Crippen LogP contribution in [0.25, 0.3) is 0 Å². The number of ether oxygens (including phenoxy) is 1. The van der Waals surface area contributed by atoms with Crippen molar-refractivity contribution in [2.45, 2.75) is 40.8 Å². The Balaban J connectivity index is 1.37. The monoisotopic (exact) mass is 489 g/mol. The van der Waals surface area contributed by atoms with E-state index in [1.165, 1.54) is 22.3 Å². The maximum Gasteiger partial charge on any atom is 0.434 e. The van der Waals surface area contributed by atoms with E-state index in [9.17, 15) is 18.0 Å². The lowest BCUT2D eigenvalue weighted by molar-refractivity contribution is -0.143. The molecule has 0 aliphatic carbocycles. The van der Waals surface area contributed by atoms with E-state index < -0.39 is 17.4 Å². The molecule has 0 saturated carbocycles. The summed E-state index contributed by atoms with van der Waals surface area (Å²) in [6.45, 7) is 1.22. The molecule has 0 bridgehead atoms. The molecule has 1 aromatic carbocycles. The zero-order chi connectivity index (χ0) is 24.1. The largest absolute Gasteiger partial charge is 0.487 e. The van der Waals surface area contributed by atoms with Crippen LogP contribution in [0.5, 0.6) is 5.75 Å². The summed E-state index contributed by atoms with van der Waals surface area (Å²) in [7, 11) is 1.55. The van der Waals surface area contributed by atoms with Crippen LogP contribution in [0.15, 0.2) is 57.2 Å². The fourth-order valence-electron chi connectivity index (χ4n) is 4.52. The Labute approximate surface area is 197 Å². The van der Waals surface area contributed by atoms with Gasteiger partial charge in [-0.25, -0.2) is 0 Å². The molecule has 34 heavy (non-hydrogen) atoms. The van der Waals surface area contributed by atoms with Gasteiger partial charge in [0.15, 0.2) is 5.69 Å². The predicted octanol–water partition coefficient (Wildman–Crippen LogP) is 3.90. The number of nitrogens with zero attached hydrogens (tertiary/aromatic N) is 4. The minimum absolute atomic E-state index is 0.0622. The number of alkyl halides is 3. The van der Waals surface area contributed by atoms with Crippen LogP contribution in [0.4, 0.5) is 24.9 Å². The van der Waals surface area contributed by atoms with Gasteiger partial charge in [0.25, 0.3) is 5.56 Å². The molecule has 11 heteroatoms. The molecule has 178 valence electrons. The fourth-order valence-corrected chi connectivity index (χ4v) is 5.53. The topological polar surface area (TPSA) is 86.3 Å². The lowest BCUT2D eigenvalue weighted by Gasteiger charge is -2.39. The summed E-state index contributed by atoms with van der Waals surface area (Å²) in [5, 5.41) is 0. The Kier molecular flexibility index (Phi) is 5.46. The number of halogens is 3. The molecule has 0 amide bonds. The van der Waals surface area contributed by atoms with Crippen LogP contribution in [-0.4, -0.2) is 33.2 Å². The first-order valence-corrected chi connectivity index (χ1v) is 11.6. The second kappa shape index (κ2) is 8.23. The predicted molar refractivity (Wildman–Crippen MR) is 122 cm³/mol. The second-order valence-electron chi connectivity index (χ2n) is 8.50. The zero-order valence-electron chi connectivity index (χ0n) is 18.3. The number of pyridine rings is 1. The molecule has 1 spiro atoms. The second-order valence-corrected chi connectivity index (χ2v) is 9.55. The third kappa shape index (κ3) is 3.97. The summed E-state index contributed by atoms with van der Waals surface area (Å²) in [6, 6.07) is 10.7. The van der Waals surface area contributed by atoms with Gasteiger partial charge in [-0.15, -0.1) is 0 Å². The summed E-state index contributed by atoms with van der Waals surface area (Å²) < 4.78 is 47.6. The van der Waals surface area contributed by atoms with E-state index in [2.05, 4.69) is 16.0 Å². The SMILES string of the molecule is Cn1c(N2CCC3(CC2)Cc2ccccc2O3)nc(N)c(Sc2cccnc2C(F)(F)F)c1=O. The van der Waals surface area contributed by atoms with Gasteiger partial charge in [0.2, 0.25) is 5.95 Å². The van der Waals surface area contributed by atoms with Crippen molar-refractivity contribution in [3.8, 4) is 5.75 Å². The molecule has 0 atom stereocenters. The first-order valence-electron chi connectivity index (χ1n) is 10.8. The maximum atomic E-state index is 13.3. The Bertz CT molecular complexity index is 1280. The first-order chi connectivity index (χ1) is 16.2. The average Bonchev–Trinajstić information content (AvgIpc) is 3.17. The van der Waals surface area contributed by atoms with Crippen LogP contribution in [0.3, 0.4) is 0 Å². The number of hydrogen-bond acceptors (Lipinski definition) is 7. The third-order valence-electron chi connectivity index (χ3n) is 6.27. The van der Waals surface area contributed by atoms with Crippen molar-refractivity contribution in [2.24, 2.45) is 7.05 Å². The van der Waals surface area contributed by atoms with Crippen LogP contribution in [-0.2, 0) is 19.6 Å². The summed E-state index contributed by atoms with van der Waals surface area (Å²) in [6.07, 6.45) is -1.25. The van der Waals surface area contributed by atoms with Crippen LogP contribution >= 0.6 is 11.8 Å². The highest BCUT2D eigenvalue weighted by Crippen LogP contribution is 2.42. The molecule has 1 fully saturated rings. The minimum Gasteiger partial charge on any atom is -0.487 e. The van der Waals surface area contributed by atoms with E-state index in [1.807, 2.05) is 23.1 Å². The highest BCUT2D eigenvalue weighted by molar-refractivity contribution is 7.99. The minimum atomic E-state index is -4.65. The van der Waals surface area contributed by atoms with Gasteiger partial charge in [0.05, 0.1) is 0 Å². The highest BCUT2D eigenvalue weighted by Gasteiger charge is 2.42. The quantitative estimate of drug-likeness (QED) is 0.597. The Hall–Kier alpha value is -3.21. The highest BCUT2D eigenvalue weighted by atomic mass is 32.2. The van der Waals surface area contributed by atoms with Crippen molar-refractivity contribution >= 4 is 23.5 Å². The molecular weight excluding hydrogens is 467 g/mol. The smallest absolute Gasteiger partial charge is 0.434 e. The van der Waals surface area contributed by atoms with Gasteiger partial charge in [-0.3, -0.25) is 14.3 Å². The first kappa shape index (κ1) is 22.6. The molecule has 0 unspecified atom stereocenters. The molecule has 3 aromatic rings. The van der Waals surface area contributed by atoms with Crippen molar-refractivity contribution in [2.75, 3.05) is 23.7 Å². The molecule has 2 N–H and O–H groups in total. The van der Waals surface area contributed by atoms with Gasteiger partial charge in [0.1, 0.15) is 22.1 Å². The van der Waals surface area contributed by atoms with E-state index >= 15 is 0 Å². The number of nitrogen functional groups attached to an aromatic ring is 1. The van der Waals surface area contributed by atoms with Crippen molar-refractivity contribution < 1.29 is 17.9 Å². The normalized spacial score (nSPS) is 17.0. The molecule has 5 rings (SSSR count).